The van der Waals surface area contributed by atoms with Crippen LogP contribution in [0.25, 0.3) is 0 Å². The van der Waals surface area contributed by atoms with E-state index in [1.807, 2.05) is 0 Å². The van der Waals surface area contributed by atoms with Gasteiger partial charge in [-0.25, -0.2) is 0 Å². The number of unbranched alkanes of at least 4 members (excludes halogenated alkanes) is 49. The van der Waals surface area contributed by atoms with E-state index < -0.39 is 6.10 Å². The molecule has 6 nitrogen and oxygen atoms in total. The van der Waals surface area contributed by atoms with Crippen LogP contribution in [0.15, 0.2) is 12.2 Å². The van der Waals surface area contributed by atoms with Crippen LogP contribution in [0.5, 0.6) is 0 Å². The molecule has 1 unspecified atom stereocenters. The monoisotopic (exact) mass is 1030 g/mol. The minimum atomic E-state index is -0.766. The van der Waals surface area contributed by atoms with Crippen LogP contribution in [0, 0.1) is 0 Å². The van der Waals surface area contributed by atoms with Gasteiger partial charge < -0.3 is 14.2 Å². The summed E-state index contributed by atoms with van der Waals surface area (Å²) in [6.45, 7) is 6.64. The summed E-state index contributed by atoms with van der Waals surface area (Å²) in [5, 5.41) is 0. The van der Waals surface area contributed by atoms with Crippen molar-refractivity contribution < 1.29 is 28.6 Å². The van der Waals surface area contributed by atoms with Gasteiger partial charge in [0, 0.05) is 19.3 Å². The van der Waals surface area contributed by atoms with Gasteiger partial charge in [-0.2, -0.15) is 0 Å². The maximum absolute atomic E-state index is 12.8. The van der Waals surface area contributed by atoms with Crippen LogP contribution in [0.2, 0.25) is 0 Å². The first-order valence-electron chi connectivity index (χ1n) is 33.2. The van der Waals surface area contributed by atoms with Crippen molar-refractivity contribution in [1.29, 1.82) is 0 Å². The van der Waals surface area contributed by atoms with E-state index in [-0.39, 0.29) is 31.1 Å². The van der Waals surface area contributed by atoms with E-state index in [0.29, 0.717) is 19.3 Å². The van der Waals surface area contributed by atoms with E-state index in [9.17, 15) is 14.4 Å². The van der Waals surface area contributed by atoms with Gasteiger partial charge >= 0.3 is 17.9 Å². The zero-order valence-electron chi connectivity index (χ0n) is 49.7. The van der Waals surface area contributed by atoms with Gasteiger partial charge in [0.15, 0.2) is 6.10 Å². The quantitative estimate of drug-likeness (QED) is 0.0261. The number of allylic oxidation sites excluding steroid dienone is 2. The largest absolute Gasteiger partial charge is 0.462 e. The third kappa shape index (κ3) is 60.9. The Balaban J connectivity index is 3.91. The van der Waals surface area contributed by atoms with Crippen molar-refractivity contribution in [2.45, 2.75) is 386 Å². The lowest BCUT2D eigenvalue weighted by molar-refractivity contribution is -0.167. The maximum atomic E-state index is 12.8. The lowest BCUT2D eigenvalue weighted by Gasteiger charge is -2.18. The van der Waals surface area contributed by atoms with Gasteiger partial charge in [0.1, 0.15) is 13.2 Å². The standard InChI is InChI=1S/C67H128O6/c1-4-7-10-13-16-18-20-22-24-26-27-28-29-30-31-32-33-34-35-36-37-38-39-40-42-43-45-47-49-51-54-57-60-66(69)72-63-64(62-71-65(68)59-56-53-15-12-9-6-3)73-67(70)61-58-55-52-50-48-46-44-41-25-23-21-19-17-14-11-8-5-2/h23,25,64H,4-22,24,26-63H2,1-3H3/b25-23-. The molecule has 73 heavy (non-hydrogen) atoms. The molecule has 0 bridgehead atoms. The molecule has 0 radical (unpaired) electrons. The van der Waals surface area contributed by atoms with Crippen LogP contribution >= 0.6 is 0 Å². The van der Waals surface area contributed by atoms with Gasteiger partial charge in [0.05, 0.1) is 0 Å². The molecule has 0 fully saturated rings. The second-order valence-electron chi connectivity index (χ2n) is 22.7. The molecule has 0 aliphatic rings. The molecule has 0 aromatic carbocycles. The van der Waals surface area contributed by atoms with Gasteiger partial charge in [0.2, 0.25) is 0 Å². The lowest BCUT2D eigenvalue weighted by Crippen LogP contribution is -2.30. The van der Waals surface area contributed by atoms with Crippen LogP contribution in [0.3, 0.4) is 0 Å². The minimum Gasteiger partial charge on any atom is -0.462 e. The predicted molar refractivity (Wildman–Crippen MR) is 317 cm³/mol. The third-order valence-electron chi connectivity index (χ3n) is 15.3. The zero-order valence-corrected chi connectivity index (χ0v) is 49.7. The fourth-order valence-corrected chi connectivity index (χ4v) is 10.3. The van der Waals surface area contributed by atoms with Crippen LogP contribution in [-0.2, 0) is 28.6 Å². The molecule has 0 aromatic rings. The zero-order chi connectivity index (χ0) is 52.9. The molecule has 432 valence electrons. The Morgan fingerprint density at radius 1 is 0.260 bits per heavy atom. The predicted octanol–water partition coefficient (Wildman–Crippen LogP) is 22.4. The van der Waals surface area contributed by atoms with Crippen molar-refractivity contribution in [3.63, 3.8) is 0 Å². The summed E-state index contributed by atoms with van der Waals surface area (Å²) in [5.41, 5.74) is 0. The summed E-state index contributed by atoms with van der Waals surface area (Å²) in [6.07, 6.45) is 74.3. The van der Waals surface area contributed by atoms with Crippen molar-refractivity contribution in [2.75, 3.05) is 13.2 Å². The van der Waals surface area contributed by atoms with E-state index in [1.165, 1.54) is 283 Å². The molecule has 0 N–H and O–H groups in total. The molecular weight excluding hydrogens is 901 g/mol. The molecule has 0 spiro atoms. The van der Waals surface area contributed by atoms with E-state index in [4.69, 9.17) is 14.2 Å². The molecule has 0 rings (SSSR count). The third-order valence-corrected chi connectivity index (χ3v) is 15.3. The van der Waals surface area contributed by atoms with E-state index in [1.54, 1.807) is 0 Å². The van der Waals surface area contributed by atoms with Crippen LogP contribution in [0.1, 0.15) is 380 Å². The fraction of sp³-hybridized carbons (Fsp3) is 0.925. The highest BCUT2D eigenvalue weighted by molar-refractivity contribution is 5.71. The molecule has 0 heterocycles. The summed E-state index contributed by atoms with van der Waals surface area (Å²) in [7, 11) is 0. The van der Waals surface area contributed by atoms with E-state index >= 15 is 0 Å². The normalized spacial score (nSPS) is 12.0. The molecular formula is C67H128O6. The molecule has 0 aliphatic carbocycles. The summed E-state index contributed by atoms with van der Waals surface area (Å²) in [6, 6.07) is 0. The van der Waals surface area contributed by atoms with Crippen molar-refractivity contribution >= 4 is 17.9 Å². The Labute approximate surface area is 456 Å². The summed E-state index contributed by atoms with van der Waals surface area (Å²) in [4.78, 5) is 38.0. The SMILES string of the molecule is CCCCCCCC/C=C\CCCCCCCCCC(=O)OC(COC(=O)CCCCCCCC)COC(=O)CCCCCCCCCCCCCCCCCCCCCCCCCCCCCCCCCC. The Morgan fingerprint density at radius 2 is 0.452 bits per heavy atom. The molecule has 0 aliphatic heterocycles. The Morgan fingerprint density at radius 3 is 0.685 bits per heavy atom. The van der Waals surface area contributed by atoms with Crippen molar-refractivity contribution in [3.05, 3.63) is 12.2 Å². The fourth-order valence-electron chi connectivity index (χ4n) is 10.3. The number of hydrogen-bond donors (Lipinski definition) is 0. The second kappa shape index (κ2) is 62.7. The first kappa shape index (κ1) is 71.2. The van der Waals surface area contributed by atoms with Gasteiger partial charge in [-0.05, 0) is 44.9 Å². The van der Waals surface area contributed by atoms with Gasteiger partial charge in [-0.15, -0.1) is 0 Å². The minimum absolute atomic E-state index is 0.0667. The van der Waals surface area contributed by atoms with Crippen LogP contribution in [-0.4, -0.2) is 37.2 Å². The molecule has 0 saturated heterocycles. The number of esters is 3. The first-order valence-corrected chi connectivity index (χ1v) is 33.2. The van der Waals surface area contributed by atoms with Crippen LogP contribution < -0.4 is 0 Å². The molecule has 1 atom stereocenters. The highest BCUT2D eigenvalue weighted by atomic mass is 16.6. The van der Waals surface area contributed by atoms with Crippen molar-refractivity contribution in [1.82, 2.24) is 0 Å². The molecule has 0 amide bonds. The highest BCUT2D eigenvalue weighted by Gasteiger charge is 2.19. The van der Waals surface area contributed by atoms with E-state index in [2.05, 4.69) is 32.9 Å². The molecule has 0 saturated carbocycles. The first-order chi connectivity index (χ1) is 36.0. The number of carbonyl (C=O) groups is 3. The smallest absolute Gasteiger partial charge is 0.306 e. The summed E-state index contributed by atoms with van der Waals surface area (Å²) >= 11 is 0. The highest BCUT2D eigenvalue weighted by Crippen LogP contribution is 2.19. The molecule has 6 heteroatoms. The van der Waals surface area contributed by atoms with Crippen molar-refractivity contribution in [2.24, 2.45) is 0 Å². The lowest BCUT2D eigenvalue weighted by atomic mass is 10.0. The topological polar surface area (TPSA) is 78.9 Å². The summed E-state index contributed by atoms with van der Waals surface area (Å²) < 4.78 is 16.8. The number of hydrogen-bond acceptors (Lipinski definition) is 6. The average Bonchev–Trinajstić information content (AvgIpc) is 3.39. The average molecular weight is 1030 g/mol. The summed E-state index contributed by atoms with van der Waals surface area (Å²) in [5.74, 6) is -0.857. The van der Waals surface area contributed by atoms with Gasteiger partial charge in [0.25, 0.3) is 0 Å². The Bertz CT molecular complexity index is 1130. The Kier molecular flexibility index (Phi) is 61.1. The van der Waals surface area contributed by atoms with Gasteiger partial charge in [-0.3, -0.25) is 14.4 Å². The molecule has 0 aromatic heterocycles. The van der Waals surface area contributed by atoms with E-state index in [0.717, 1.165) is 57.8 Å². The maximum Gasteiger partial charge on any atom is 0.306 e. The number of carbonyl (C=O) groups excluding carboxylic acids is 3. The van der Waals surface area contributed by atoms with Gasteiger partial charge in [-0.1, -0.05) is 328 Å². The van der Waals surface area contributed by atoms with Crippen molar-refractivity contribution in [3.8, 4) is 0 Å². The van der Waals surface area contributed by atoms with Crippen LogP contribution in [0.4, 0.5) is 0 Å². The second-order valence-corrected chi connectivity index (χ2v) is 22.7. The Hall–Kier alpha value is -1.85. The number of rotatable bonds is 62. The number of ether oxygens (including phenoxy) is 3.